The molecule has 1 aromatic heterocycles. The summed E-state index contributed by atoms with van der Waals surface area (Å²) < 4.78 is 15.7. The molecule has 8 nitrogen and oxygen atoms in total. The van der Waals surface area contributed by atoms with Gasteiger partial charge >= 0.3 is 0 Å². The van der Waals surface area contributed by atoms with E-state index in [1.165, 1.54) is 0 Å². The molecule has 0 atom stereocenters. The summed E-state index contributed by atoms with van der Waals surface area (Å²) in [6, 6.07) is 12.7. The van der Waals surface area contributed by atoms with Crippen LogP contribution in [0.25, 0.3) is 0 Å². The Morgan fingerprint density at radius 2 is 2.00 bits per heavy atom. The first-order chi connectivity index (χ1) is 13.4. The van der Waals surface area contributed by atoms with Crippen LogP contribution in [0, 0.1) is 22.9 Å². The van der Waals surface area contributed by atoms with Crippen LogP contribution in [0.3, 0.4) is 0 Å². The van der Waals surface area contributed by atoms with Crippen LogP contribution in [-0.2, 0) is 11.3 Å². The minimum atomic E-state index is -0.743. The van der Waals surface area contributed by atoms with E-state index in [1.54, 1.807) is 0 Å². The first-order valence-electron chi connectivity index (χ1n) is 8.24. The molecule has 0 radical (unpaired) electrons. The van der Waals surface area contributed by atoms with Gasteiger partial charge in [-0.2, -0.15) is 0 Å². The maximum absolute atomic E-state index is 13.8. The molecule has 2 aromatic carbocycles. The van der Waals surface area contributed by atoms with Crippen LogP contribution in [-0.4, -0.2) is 31.3 Å². The first kappa shape index (κ1) is 19.5. The average Bonchev–Trinajstić information content (AvgIpc) is 3.02. The van der Waals surface area contributed by atoms with Gasteiger partial charge in [0.1, 0.15) is 11.6 Å². The maximum Gasteiger partial charge on any atom is 0.271 e. The number of carbonyl (C=O) groups excluding carboxylic acids is 1. The average molecular weight is 401 g/mol. The Labute approximate surface area is 163 Å². The van der Waals surface area contributed by atoms with Gasteiger partial charge in [0.25, 0.3) is 5.69 Å². The van der Waals surface area contributed by atoms with E-state index in [1.807, 2.05) is 41.8 Å². The van der Waals surface area contributed by atoms with Crippen molar-refractivity contribution in [2.45, 2.75) is 18.6 Å². The van der Waals surface area contributed by atoms with Crippen molar-refractivity contribution in [3.63, 3.8) is 0 Å². The summed E-state index contributed by atoms with van der Waals surface area (Å²) in [4.78, 5) is 22.3. The van der Waals surface area contributed by atoms with E-state index in [-0.39, 0.29) is 17.1 Å². The van der Waals surface area contributed by atoms with Gasteiger partial charge in [-0.3, -0.25) is 14.9 Å². The Balaban J connectivity index is 1.66. The predicted molar refractivity (Wildman–Crippen MR) is 103 cm³/mol. The van der Waals surface area contributed by atoms with E-state index < -0.39 is 16.6 Å². The molecule has 10 heteroatoms. The Bertz CT molecular complexity index is 1010. The quantitative estimate of drug-likeness (QED) is 0.370. The summed E-state index contributed by atoms with van der Waals surface area (Å²) in [6.45, 7) is 2.38. The van der Waals surface area contributed by atoms with Gasteiger partial charge in [0.15, 0.2) is 5.16 Å². The van der Waals surface area contributed by atoms with Crippen molar-refractivity contribution >= 4 is 29.0 Å². The summed E-state index contributed by atoms with van der Waals surface area (Å²) >= 11 is 1.15. The third-order valence-corrected chi connectivity index (χ3v) is 4.82. The number of hydrogen-bond acceptors (Lipinski definition) is 6. The summed E-state index contributed by atoms with van der Waals surface area (Å²) in [5, 5.41) is 21.8. The number of nitro groups is 1. The van der Waals surface area contributed by atoms with E-state index in [0.29, 0.717) is 17.5 Å². The van der Waals surface area contributed by atoms with Gasteiger partial charge in [0, 0.05) is 12.1 Å². The standard InChI is InChI=1S/C18H16FN5O3S/c1-12-21-22-18(23(12)10-13-5-3-2-4-6-13)28-11-17(25)20-16-9-14(24(26)27)7-8-15(16)19/h2-9H,10-11H2,1H3,(H,20,25). The largest absolute Gasteiger partial charge is 0.323 e. The minimum Gasteiger partial charge on any atom is -0.323 e. The fourth-order valence-electron chi connectivity index (χ4n) is 2.46. The molecule has 1 N–H and O–H groups in total. The lowest BCUT2D eigenvalue weighted by Crippen LogP contribution is -2.16. The van der Waals surface area contributed by atoms with E-state index >= 15 is 0 Å². The number of hydrogen-bond donors (Lipinski definition) is 1. The number of thioether (sulfide) groups is 1. The highest BCUT2D eigenvalue weighted by Crippen LogP contribution is 2.23. The molecule has 0 saturated carbocycles. The molecule has 1 amide bonds. The third kappa shape index (κ3) is 4.71. The number of non-ortho nitro benzene ring substituents is 1. The third-order valence-electron chi connectivity index (χ3n) is 3.85. The second-order valence-corrected chi connectivity index (χ2v) is 6.80. The number of aryl methyl sites for hydroxylation is 1. The number of nitro benzene ring substituents is 1. The zero-order valence-electron chi connectivity index (χ0n) is 14.8. The Morgan fingerprint density at radius 3 is 2.71 bits per heavy atom. The molecule has 1 heterocycles. The van der Waals surface area contributed by atoms with Crippen LogP contribution in [0.1, 0.15) is 11.4 Å². The first-order valence-corrected chi connectivity index (χ1v) is 9.23. The topological polar surface area (TPSA) is 103 Å². The highest BCUT2D eigenvalue weighted by molar-refractivity contribution is 7.99. The molecule has 0 unspecified atom stereocenters. The highest BCUT2D eigenvalue weighted by Gasteiger charge is 2.15. The second-order valence-electron chi connectivity index (χ2n) is 5.86. The molecule has 0 aliphatic carbocycles. The van der Waals surface area contributed by atoms with Crippen molar-refractivity contribution in [2.24, 2.45) is 0 Å². The smallest absolute Gasteiger partial charge is 0.271 e. The summed E-state index contributed by atoms with van der Waals surface area (Å²) in [6.07, 6.45) is 0. The molecule has 28 heavy (non-hydrogen) atoms. The molecule has 0 bridgehead atoms. The lowest BCUT2D eigenvalue weighted by molar-refractivity contribution is -0.384. The molecule has 3 aromatic rings. The zero-order valence-corrected chi connectivity index (χ0v) is 15.6. The maximum atomic E-state index is 13.8. The van der Waals surface area contributed by atoms with Crippen LogP contribution in [0.2, 0.25) is 0 Å². The van der Waals surface area contributed by atoms with Crippen molar-refractivity contribution in [1.82, 2.24) is 14.8 Å². The number of nitrogens with zero attached hydrogens (tertiary/aromatic N) is 4. The van der Waals surface area contributed by atoms with E-state index in [0.717, 1.165) is 35.5 Å². The Kier molecular flexibility index (Phi) is 5.99. The van der Waals surface area contributed by atoms with Crippen LogP contribution < -0.4 is 5.32 Å². The number of nitrogens with one attached hydrogen (secondary N) is 1. The number of amides is 1. The van der Waals surface area contributed by atoms with Gasteiger partial charge < -0.3 is 9.88 Å². The zero-order chi connectivity index (χ0) is 20.1. The molecule has 0 aliphatic rings. The molecule has 144 valence electrons. The van der Waals surface area contributed by atoms with Crippen molar-refractivity contribution in [3.8, 4) is 0 Å². The summed E-state index contributed by atoms with van der Waals surface area (Å²) in [7, 11) is 0. The molecular formula is C18H16FN5O3S. The van der Waals surface area contributed by atoms with Gasteiger partial charge in [0.05, 0.1) is 22.9 Å². The highest BCUT2D eigenvalue weighted by atomic mass is 32.2. The van der Waals surface area contributed by atoms with Gasteiger partial charge in [0.2, 0.25) is 5.91 Å². The van der Waals surface area contributed by atoms with Gasteiger partial charge in [-0.25, -0.2) is 4.39 Å². The van der Waals surface area contributed by atoms with Gasteiger partial charge in [-0.05, 0) is 18.6 Å². The molecule has 0 aliphatic heterocycles. The Morgan fingerprint density at radius 1 is 1.25 bits per heavy atom. The van der Waals surface area contributed by atoms with Crippen LogP contribution in [0.5, 0.6) is 0 Å². The monoisotopic (exact) mass is 401 g/mol. The van der Waals surface area contributed by atoms with E-state index in [2.05, 4.69) is 15.5 Å². The number of carbonyl (C=O) groups is 1. The van der Waals surface area contributed by atoms with E-state index in [4.69, 9.17) is 0 Å². The normalized spacial score (nSPS) is 10.6. The number of halogens is 1. The van der Waals surface area contributed by atoms with Gasteiger partial charge in [-0.1, -0.05) is 42.1 Å². The van der Waals surface area contributed by atoms with Gasteiger partial charge in [-0.15, -0.1) is 10.2 Å². The van der Waals surface area contributed by atoms with Crippen LogP contribution >= 0.6 is 11.8 Å². The molecule has 0 spiro atoms. The van der Waals surface area contributed by atoms with Crippen LogP contribution in [0.4, 0.5) is 15.8 Å². The molecule has 0 fully saturated rings. The number of anilines is 1. The lowest BCUT2D eigenvalue weighted by atomic mass is 10.2. The van der Waals surface area contributed by atoms with Crippen molar-refractivity contribution in [1.29, 1.82) is 0 Å². The van der Waals surface area contributed by atoms with Crippen molar-refractivity contribution in [3.05, 3.63) is 75.9 Å². The minimum absolute atomic E-state index is 0.0466. The second kappa shape index (κ2) is 8.61. The van der Waals surface area contributed by atoms with Crippen LogP contribution in [0.15, 0.2) is 53.7 Å². The number of rotatable bonds is 7. The van der Waals surface area contributed by atoms with E-state index in [9.17, 15) is 19.3 Å². The molecular weight excluding hydrogens is 385 g/mol. The summed E-state index contributed by atoms with van der Waals surface area (Å²) in [5.74, 6) is -0.588. The fraction of sp³-hybridized carbons (Fsp3) is 0.167. The molecule has 3 rings (SSSR count). The fourth-order valence-corrected chi connectivity index (χ4v) is 3.24. The number of aromatic nitrogens is 3. The summed E-state index contributed by atoms with van der Waals surface area (Å²) in [5.41, 5.74) is 0.527. The van der Waals surface area contributed by atoms with Crippen molar-refractivity contribution in [2.75, 3.05) is 11.1 Å². The Hall–Kier alpha value is -3.27. The SMILES string of the molecule is Cc1nnc(SCC(=O)Nc2cc([N+](=O)[O-])ccc2F)n1Cc1ccccc1. The number of benzene rings is 2. The lowest BCUT2D eigenvalue weighted by Gasteiger charge is -2.09. The molecule has 0 saturated heterocycles. The predicted octanol–water partition coefficient (Wildman–Crippen LogP) is 3.41. The van der Waals surface area contributed by atoms with Crippen molar-refractivity contribution < 1.29 is 14.1 Å².